The van der Waals surface area contributed by atoms with E-state index in [4.69, 9.17) is 15.2 Å². The predicted molar refractivity (Wildman–Crippen MR) is 136 cm³/mol. The Labute approximate surface area is 213 Å². The van der Waals surface area contributed by atoms with Crippen LogP contribution in [-0.2, 0) is 9.47 Å². The highest BCUT2D eigenvalue weighted by atomic mass is 19.1. The van der Waals surface area contributed by atoms with E-state index in [2.05, 4.69) is 20.6 Å². The van der Waals surface area contributed by atoms with Gasteiger partial charge in [-0.1, -0.05) is 0 Å². The van der Waals surface area contributed by atoms with Gasteiger partial charge in [-0.25, -0.2) is 28.5 Å². The molecule has 4 N–H and O–H groups in total. The summed E-state index contributed by atoms with van der Waals surface area (Å²) in [6.07, 6.45) is -0.0162. The van der Waals surface area contributed by atoms with Crippen molar-refractivity contribution in [1.29, 1.82) is 0 Å². The number of hydrogen-bond donors (Lipinski definition) is 3. The Kier molecular flexibility index (Phi) is 7.70. The van der Waals surface area contributed by atoms with Crippen LogP contribution in [0.25, 0.3) is 22.3 Å². The van der Waals surface area contributed by atoms with Gasteiger partial charge >= 0.3 is 12.2 Å². The molecule has 0 fully saturated rings. The lowest BCUT2D eigenvalue weighted by molar-refractivity contribution is 0.0524. The average molecular weight is 515 g/mol. The molecule has 11 nitrogen and oxygen atoms in total. The molecule has 0 bridgehead atoms. The van der Waals surface area contributed by atoms with Crippen LogP contribution in [0.4, 0.5) is 19.8 Å². The summed E-state index contributed by atoms with van der Waals surface area (Å²) in [5.41, 5.74) is 4.40. The number of amides is 2. The first kappa shape index (κ1) is 27.4. The van der Waals surface area contributed by atoms with Crippen LogP contribution in [0.3, 0.4) is 0 Å². The number of nitrogens with zero attached hydrogens (tertiary/aromatic N) is 3. The fourth-order valence-corrected chi connectivity index (χ4v) is 3.37. The van der Waals surface area contributed by atoms with Gasteiger partial charge in [0.2, 0.25) is 0 Å². The van der Waals surface area contributed by atoms with Crippen molar-refractivity contribution >= 4 is 34.8 Å². The monoisotopic (exact) mass is 514 g/mol. The number of ether oxygens (including phenoxy) is 2. The number of fused-ring (bicyclic) bond motifs is 1. The lowest BCUT2D eigenvalue weighted by Gasteiger charge is -2.21. The average Bonchev–Trinajstić information content (AvgIpc) is 3.12. The minimum atomic E-state index is -0.868. The van der Waals surface area contributed by atoms with Crippen LogP contribution in [-0.4, -0.2) is 56.9 Å². The Bertz CT molecular complexity index is 1340. The van der Waals surface area contributed by atoms with E-state index in [1.54, 1.807) is 41.5 Å². The highest BCUT2D eigenvalue weighted by Gasteiger charge is 2.26. The number of hydrogen-bond acceptors (Lipinski definition) is 8. The van der Waals surface area contributed by atoms with Crippen LogP contribution < -0.4 is 16.4 Å². The van der Waals surface area contributed by atoms with Crippen molar-refractivity contribution in [1.82, 2.24) is 19.9 Å². The van der Waals surface area contributed by atoms with Gasteiger partial charge in [-0.2, -0.15) is 0 Å². The standard InChI is InChI=1S/C25H31FN6O5/c1-24(2,3)36-22(34)29-10-9-28-18-13-30-20(21(27)33)19(31-18)17-12-14-11-15(26)7-8-16(14)32(17)23(35)37-25(4,5)6/h7-8,11-13H,9-10H2,1-6H3,(H2,27,33)(H,28,31)(H,29,34). The Hall–Kier alpha value is -4.22. The number of nitrogens with one attached hydrogen (secondary N) is 2. The zero-order valence-corrected chi connectivity index (χ0v) is 21.6. The summed E-state index contributed by atoms with van der Waals surface area (Å²) >= 11 is 0. The van der Waals surface area contributed by atoms with Crippen molar-refractivity contribution in [3.63, 3.8) is 0 Å². The van der Waals surface area contributed by atoms with Gasteiger partial charge in [0.05, 0.1) is 17.4 Å². The first-order chi connectivity index (χ1) is 17.1. The topological polar surface area (TPSA) is 150 Å². The van der Waals surface area contributed by atoms with Gasteiger partial charge in [0, 0.05) is 18.5 Å². The Morgan fingerprint density at radius 3 is 2.32 bits per heavy atom. The number of halogens is 1. The Morgan fingerprint density at radius 1 is 1.03 bits per heavy atom. The van der Waals surface area contributed by atoms with Gasteiger partial charge in [-0.05, 0) is 65.8 Å². The van der Waals surface area contributed by atoms with Crippen molar-refractivity contribution in [2.75, 3.05) is 18.4 Å². The van der Waals surface area contributed by atoms with E-state index < -0.39 is 35.1 Å². The zero-order chi connectivity index (χ0) is 27.5. The fourth-order valence-electron chi connectivity index (χ4n) is 3.37. The molecule has 0 unspecified atom stereocenters. The summed E-state index contributed by atoms with van der Waals surface area (Å²) < 4.78 is 25.9. The van der Waals surface area contributed by atoms with Crippen molar-refractivity contribution in [3.05, 3.63) is 42.0 Å². The number of aromatic nitrogens is 3. The maximum atomic E-state index is 14.0. The van der Waals surface area contributed by atoms with Crippen molar-refractivity contribution in [2.45, 2.75) is 52.7 Å². The first-order valence-corrected chi connectivity index (χ1v) is 11.6. The van der Waals surface area contributed by atoms with E-state index in [1.807, 2.05) is 0 Å². The van der Waals surface area contributed by atoms with E-state index in [0.717, 1.165) is 0 Å². The number of benzene rings is 1. The summed E-state index contributed by atoms with van der Waals surface area (Å²) in [6, 6.07) is 5.40. The normalized spacial score (nSPS) is 11.8. The molecule has 37 heavy (non-hydrogen) atoms. The molecule has 0 spiro atoms. The number of rotatable bonds is 6. The minimum absolute atomic E-state index is 0.0000637. The second-order valence-electron chi connectivity index (χ2n) is 10.2. The molecule has 3 aromatic rings. The highest BCUT2D eigenvalue weighted by Crippen LogP contribution is 2.31. The summed E-state index contributed by atoms with van der Waals surface area (Å²) in [5.74, 6) is -1.12. The number of carbonyl (C=O) groups excluding carboxylic acids is 3. The van der Waals surface area contributed by atoms with Crippen LogP contribution in [0.15, 0.2) is 30.5 Å². The summed E-state index contributed by atoms with van der Waals surface area (Å²) in [7, 11) is 0. The van der Waals surface area contributed by atoms with Gasteiger partial charge in [0.25, 0.3) is 5.91 Å². The summed E-state index contributed by atoms with van der Waals surface area (Å²) in [4.78, 5) is 45.8. The second kappa shape index (κ2) is 10.4. The van der Waals surface area contributed by atoms with Crippen molar-refractivity contribution < 1.29 is 28.2 Å². The Balaban J connectivity index is 1.97. The maximum Gasteiger partial charge on any atom is 0.419 e. The van der Waals surface area contributed by atoms with Gasteiger partial charge in [-0.3, -0.25) is 4.79 Å². The highest BCUT2D eigenvalue weighted by molar-refractivity contribution is 6.01. The van der Waals surface area contributed by atoms with Crippen LogP contribution in [0.1, 0.15) is 52.0 Å². The van der Waals surface area contributed by atoms with Gasteiger partial charge in [-0.15, -0.1) is 0 Å². The molecule has 3 rings (SSSR count). The number of carbonyl (C=O) groups is 3. The molecule has 0 aliphatic carbocycles. The lowest BCUT2D eigenvalue weighted by Crippen LogP contribution is -2.35. The van der Waals surface area contributed by atoms with Crippen LogP contribution >= 0.6 is 0 Å². The zero-order valence-electron chi connectivity index (χ0n) is 21.6. The fraction of sp³-hybridized carbons (Fsp3) is 0.400. The second-order valence-corrected chi connectivity index (χ2v) is 10.2. The molecule has 1 aromatic carbocycles. The van der Waals surface area contributed by atoms with E-state index in [-0.39, 0.29) is 36.0 Å². The molecular weight excluding hydrogens is 483 g/mol. The van der Waals surface area contributed by atoms with Gasteiger partial charge in [0.15, 0.2) is 5.69 Å². The van der Waals surface area contributed by atoms with E-state index in [0.29, 0.717) is 10.9 Å². The molecule has 0 aliphatic heterocycles. The third-order valence-electron chi connectivity index (χ3n) is 4.69. The van der Waals surface area contributed by atoms with Gasteiger partial charge in [0.1, 0.15) is 28.5 Å². The van der Waals surface area contributed by atoms with E-state index in [1.165, 1.54) is 35.0 Å². The number of primary amides is 1. The third kappa shape index (κ3) is 7.15. The molecule has 0 atom stereocenters. The number of anilines is 1. The van der Waals surface area contributed by atoms with Crippen LogP contribution in [0.5, 0.6) is 0 Å². The van der Waals surface area contributed by atoms with Crippen molar-refractivity contribution in [2.24, 2.45) is 5.73 Å². The molecule has 0 radical (unpaired) electrons. The smallest absolute Gasteiger partial charge is 0.419 e. The predicted octanol–water partition coefficient (Wildman–Crippen LogP) is 4.06. The molecule has 0 saturated heterocycles. The largest absolute Gasteiger partial charge is 0.444 e. The molecule has 0 aliphatic rings. The Morgan fingerprint density at radius 2 is 1.70 bits per heavy atom. The molecule has 12 heteroatoms. The van der Waals surface area contributed by atoms with Crippen LogP contribution in [0, 0.1) is 5.82 Å². The summed E-state index contributed by atoms with van der Waals surface area (Å²) in [6.45, 7) is 10.9. The number of alkyl carbamates (subject to hydrolysis) is 1. The quantitative estimate of drug-likeness (QED) is 0.417. The van der Waals surface area contributed by atoms with Crippen LogP contribution in [0.2, 0.25) is 0 Å². The number of nitrogens with two attached hydrogens (primary N) is 1. The SMILES string of the molecule is CC(C)(C)OC(=O)NCCNc1cnc(C(N)=O)c(-c2cc3cc(F)ccc3n2C(=O)OC(C)(C)C)n1. The molecule has 2 amide bonds. The maximum absolute atomic E-state index is 14.0. The molecular formula is C25H31FN6O5. The van der Waals surface area contributed by atoms with Gasteiger partial charge < -0.3 is 25.8 Å². The molecule has 2 aromatic heterocycles. The molecule has 0 saturated carbocycles. The summed E-state index contributed by atoms with van der Waals surface area (Å²) in [5, 5.41) is 5.98. The first-order valence-electron chi connectivity index (χ1n) is 11.6. The molecule has 198 valence electrons. The third-order valence-corrected chi connectivity index (χ3v) is 4.69. The minimum Gasteiger partial charge on any atom is -0.444 e. The van der Waals surface area contributed by atoms with E-state index >= 15 is 0 Å². The lowest BCUT2D eigenvalue weighted by atomic mass is 10.2. The van der Waals surface area contributed by atoms with Crippen molar-refractivity contribution in [3.8, 4) is 11.4 Å². The molecule has 2 heterocycles. The van der Waals surface area contributed by atoms with E-state index in [9.17, 15) is 18.8 Å².